The second-order valence-corrected chi connectivity index (χ2v) is 14.4. The first-order valence-electron chi connectivity index (χ1n) is 9.84. The van der Waals surface area contributed by atoms with Crippen LogP contribution in [0.15, 0.2) is 24.3 Å². The van der Waals surface area contributed by atoms with E-state index in [1.54, 1.807) is 17.0 Å². The van der Waals surface area contributed by atoms with Crippen LogP contribution in [0.2, 0.25) is 0 Å². The number of amides is 3. The Kier molecular flexibility index (Phi) is 8.39. The van der Waals surface area contributed by atoms with Crippen LogP contribution in [0.3, 0.4) is 0 Å². The zero-order chi connectivity index (χ0) is 23.5. The maximum Gasteiger partial charge on any atom is 0.414 e. The molecule has 9 nitrogen and oxygen atoms in total. The van der Waals surface area contributed by atoms with Gasteiger partial charge in [0.1, 0.15) is 12.3 Å². The number of nitrogens with one attached hydrogen (secondary N) is 2. The van der Waals surface area contributed by atoms with Crippen molar-refractivity contribution in [2.24, 2.45) is 0 Å². The minimum atomic E-state index is -1.32. The van der Waals surface area contributed by atoms with Crippen molar-refractivity contribution in [1.82, 2.24) is 15.5 Å². The van der Waals surface area contributed by atoms with Crippen molar-refractivity contribution in [2.45, 2.75) is 27.6 Å². The maximum atomic E-state index is 15.0. The van der Waals surface area contributed by atoms with Gasteiger partial charge in [0.2, 0.25) is 12.3 Å². The number of hydrogen-bond donors (Lipinski definition) is 2. The lowest BCUT2D eigenvalue weighted by Gasteiger charge is -2.44. The van der Waals surface area contributed by atoms with E-state index in [-0.39, 0.29) is 19.0 Å². The van der Waals surface area contributed by atoms with E-state index in [1.807, 2.05) is 17.0 Å². The van der Waals surface area contributed by atoms with E-state index in [4.69, 9.17) is 4.74 Å². The van der Waals surface area contributed by atoms with Crippen molar-refractivity contribution in [3.8, 4) is 0 Å². The van der Waals surface area contributed by atoms with E-state index >= 15 is 4.39 Å². The Bertz CT molecular complexity index is 841. The van der Waals surface area contributed by atoms with Crippen LogP contribution in [-0.4, -0.2) is 76.7 Å². The lowest BCUT2D eigenvalue weighted by atomic mass is 10.2. The van der Waals surface area contributed by atoms with Crippen molar-refractivity contribution >= 4 is 77.6 Å². The highest BCUT2D eigenvalue weighted by molar-refractivity contribution is 9.39. The highest BCUT2D eigenvalue weighted by Gasteiger charge is 2.41. The first kappa shape index (κ1) is 25.2. The molecule has 2 saturated heterocycles. The Labute approximate surface area is 210 Å². The molecule has 2 fully saturated rings. The van der Waals surface area contributed by atoms with E-state index in [1.165, 1.54) is 11.8 Å². The van der Waals surface area contributed by atoms with E-state index in [2.05, 4.69) is 58.4 Å². The highest BCUT2D eigenvalue weighted by atomic mass is 80.0. The number of rotatable bonds is 7. The van der Waals surface area contributed by atoms with E-state index in [0.717, 1.165) is 5.69 Å². The van der Waals surface area contributed by atoms with Crippen LogP contribution in [0.1, 0.15) is 6.92 Å². The maximum absolute atomic E-state index is 15.0. The monoisotopic (exact) mass is 641 g/mol. The van der Waals surface area contributed by atoms with Crippen LogP contribution in [0.5, 0.6) is 0 Å². The Hall–Kier alpha value is -1.44. The van der Waals surface area contributed by atoms with Crippen LogP contribution in [0.25, 0.3) is 0 Å². The largest absolute Gasteiger partial charge is 0.442 e. The fourth-order valence-electron chi connectivity index (χ4n) is 3.66. The minimum Gasteiger partial charge on any atom is -0.442 e. The lowest BCUT2D eigenvalue weighted by molar-refractivity contribution is -0.119. The summed E-state index contributed by atoms with van der Waals surface area (Å²) in [7, 11) is 0. The normalized spacial score (nSPS) is 23.0. The number of anilines is 2. The third kappa shape index (κ3) is 6.12. The number of carbonyl (C=O) groups excluding carboxylic acids is 3. The number of cyclic esters (lactones) is 1. The zero-order valence-corrected chi connectivity index (χ0v) is 21.9. The Morgan fingerprint density at radius 1 is 1.25 bits per heavy atom. The quantitative estimate of drug-likeness (QED) is 0.270. The number of ether oxygens (including phenoxy) is 1. The first-order chi connectivity index (χ1) is 15.1. The lowest BCUT2D eigenvalue weighted by Crippen LogP contribution is -2.62. The molecule has 13 heteroatoms. The summed E-state index contributed by atoms with van der Waals surface area (Å²) in [5.74, 6) is -0.183. The molecule has 0 bridgehead atoms. The molecule has 176 valence electrons. The van der Waals surface area contributed by atoms with Crippen molar-refractivity contribution in [2.75, 3.05) is 42.5 Å². The summed E-state index contributed by atoms with van der Waals surface area (Å²) < 4.78 is 19.4. The van der Waals surface area contributed by atoms with Crippen LogP contribution < -0.4 is 20.4 Å². The van der Waals surface area contributed by atoms with Gasteiger partial charge < -0.3 is 20.3 Å². The smallest absolute Gasteiger partial charge is 0.414 e. The summed E-state index contributed by atoms with van der Waals surface area (Å²) in [6.45, 7) is 3.04. The van der Waals surface area contributed by atoms with Crippen LogP contribution in [0.4, 0.5) is 20.6 Å². The molecule has 1 aromatic carbocycles. The predicted molar refractivity (Wildman–Crippen MR) is 129 cm³/mol. The number of alkyl halides is 4. The molecule has 2 aliphatic heterocycles. The van der Waals surface area contributed by atoms with Gasteiger partial charge in [-0.2, -0.15) is 0 Å². The van der Waals surface area contributed by atoms with E-state index in [9.17, 15) is 14.4 Å². The molecule has 0 aliphatic carbocycles. The summed E-state index contributed by atoms with van der Waals surface area (Å²) in [4.78, 5) is 39.2. The second kappa shape index (κ2) is 10.7. The van der Waals surface area contributed by atoms with Gasteiger partial charge in [0.25, 0.3) is 0 Å². The molecule has 3 unspecified atom stereocenters. The number of benzene rings is 1. The number of piperazine rings is 1. The molecule has 2 N–H and O–H groups in total. The Morgan fingerprint density at radius 2 is 1.91 bits per heavy atom. The zero-order valence-electron chi connectivity index (χ0n) is 17.1. The van der Waals surface area contributed by atoms with Crippen LogP contribution in [0, 0.1) is 0 Å². The molecule has 32 heavy (non-hydrogen) atoms. The average Bonchev–Trinajstić information content (AvgIpc) is 3.11. The van der Waals surface area contributed by atoms with Crippen molar-refractivity contribution < 1.29 is 23.5 Å². The van der Waals surface area contributed by atoms with Crippen molar-refractivity contribution in [1.29, 1.82) is 0 Å². The molecule has 2 heterocycles. The summed E-state index contributed by atoms with van der Waals surface area (Å²) in [6.07, 6.45) is -2.32. The topological polar surface area (TPSA) is 94.2 Å². The molecule has 0 spiro atoms. The van der Waals surface area contributed by atoms with Crippen molar-refractivity contribution in [3.05, 3.63) is 24.3 Å². The summed E-state index contributed by atoms with van der Waals surface area (Å²) in [5.41, 5.74) is 1.48. The van der Waals surface area contributed by atoms with Gasteiger partial charge in [-0.3, -0.25) is 14.5 Å². The summed E-state index contributed by atoms with van der Waals surface area (Å²) >= 11 is 10.1. The first-order valence-corrected chi connectivity index (χ1v) is 12.2. The fraction of sp³-hybridized carbons (Fsp3) is 0.526. The second-order valence-electron chi connectivity index (χ2n) is 7.42. The van der Waals surface area contributed by atoms with Crippen LogP contribution >= 0.6 is 47.8 Å². The fourth-order valence-corrected chi connectivity index (χ4v) is 4.85. The van der Waals surface area contributed by atoms with E-state index in [0.29, 0.717) is 31.7 Å². The van der Waals surface area contributed by atoms with Gasteiger partial charge in [0, 0.05) is 31.4 Å². The molecular formula is C19H23Br3FN5O4. The van der Waals surface area contributed by atoms with Gasteiger partial charge in [-0.25, -0.2) is 14.1 Å². The Balaban J connectivity index is 1.62. The molecule has 1 aromatic rings. The molecule has 0 aromatic heterocycles. The number of halogens is 4. The standard InChI is InChI=1S/C19H23Br3FN5O4/c1-12(30)24-8-15-9-28(18(31)32-15)14-4-2-13(3-5-14)26-6-7-27(16(23)10-26)17(25-11-29)19(20,21)22/h2-5,11,15-17H,6-10H2,1H3,(H,24,30)(H,25,29). The summed E-state index contributed by atoms with van der Waals surface area (Å²) in [5, 5.41) is 5.26. The van der Waals surface area contributed by atoms with Gasteiger partial charge in [-0.15, -0.1) is 0 Å². The minimum absolute atomic E-state index is 0.115. The van der Waals surface area contributed by atoms with Gasteiger partial charge in [0.05, 0.1) is 19.6 Å². The van der Waals surface area contributed by atoms with Gasteiger partial charge in [0.15, 0.2) is 8.44 Å². The third-order valence-corrected chi connectivity index (χ3v) is 6.51. The van der Waals surface area contributed by atoms with Gasteiger partial charge >= 0.3 is 6.09 Å². The van der Waals surface area contributed by atoms with Crippen LogP contribution in [-0.2, 0) is 14.3 Å². The number of hydrogen-bond acceptors (Lipinski definition) is 6. The molecule has 0 saturated carbocycles. The molecule has 2 aliphatic rings. The molecular weight excluding hydrogens is 621 g/mol. The Morgan fingerprint density at radius 3 is 2.47 bits per heavy atom. The number of nitrogens with zero attached hydrogens (tertiary/aromatic N) is 3. The molecule has 3 amide bonds. The number of carbonyl (C=O) groups is 3. The van der Waals surface area contributed by atoms with Gasteiger partial charge in [-0.05, 0) is 24.3 Å². The average molecular weight is 644 g/mol. The SMILES string of the molecule is CC(=O)NCC1CN(c2ccc(N3CCN(C(NC=O)C(Br)(Br)Br)C(F)C3)cc2)C(=O)O1. The predicted octanol–water partition coefficient (Wildman–Crippen LogP) is 2.48. The molecule has 0 radical (unpaired) electrons. The van der Waals surface area contributed by atoms with Gasteiger partial charge in [-0.1, -0.05) is 47.8 Å². The third-order valence-electron chi connectivity index (χ3n) is 5.21. The molecule has 3 atom stereocenters. The summed E-state index contributed by atoms with van der Waals surface area (Å²) in [6, 6.07) is 7.23. The van der Waals surface area contributed by atoms with E-state index < -0.39 is 26.8 Å². The highest BCUT2D eigenvalue weighted by Crippen LogP contribution is 2.40. The molecule has 3 rings (SSSR count). The van der Waals surface area contributed by atoms with Crippen molar-refractivity contribution in [3.63, 3.8) is 0 Å².